The molecule has 5 atom stereocenters. The standard InChI is InChI=1S/C49H82N8O14S/c1-7-22-53-38-16-14-37(15-17-38)46(62)55-23-10-9-13-40(47(63)50-5)56-45(61)34-71-31-29-69-27-25-54-43(59)21-19-41(49(66)67)57-44(60)20-18-39(48(64)65)36(4)42(58)33-70-30-28-68-26-24-52-35(3)12-11-32-72(8-2)51-6/h8,14-17,35,39-41,51-53H,4,7,9-13,18-34H2,1-3,5-6H3,(H,50,63)(H,54,59)(H,55,62)(H,56,61)(H,57,60)(H,64,65)(H,66,67). The number of aliphatic carboxylic acids is 2. The van der Waals surface area contributed by atoms with Gasteiger partial charge in [-0.1, -0.05) is 18.9 Å². The van der Waals surface area contributed by atoms with Crippen molar-refractivity contribution in [1.82, 2.24) is 36.6 Å². The normalized spacial score (nSPS) is 13.2. The van der Waals surface area contributed by atoms with E-state index in [2.05, 4.69) is 74.7 Å². The Morgan fingerprint density at radius 1 is 0.681 bits per heavy atom. The van der Waals surface area contributed by atoms with Crippen LogP contribution >= 0.6 is 10.7 Å². The van der Waals surface area contributed by atoms with Crippen molar-refractivity contribution in [3.63, 3.8) is 0 Å². The Kier molecular flexibility index (Phi) is 36.1. The van der Waals surface area contributed by atoms with E-state index in [1.165, 1.54) is 7.05 Å². The van der Waals surface area contributed by atoms with Crippen LogP contribution in [0.15, 0.2) is 36.4 Å². The summed E-state index contributed by atoms with van der Waals surface area (Å²) in [6.07, 6.45) is 3.38. The lowest BCUT2D eigenvalue weighted by molar-refractivity contribution is -0.143. The maximum Gasteiger partial charge on any atom is 0.326 e. The molecule has 0 saturated carbocycles. The lowest BCUT2D eigenvalue weighted by Crippen LogP contribution is -2.47. The molecule has 5 amide bonds. The maximum absolute atomic E-state index is 12.6. The minimum atomic E-state index is -1.44. The molecule has 0 aliphatic heterocycles. The first-order chi connectivity index (χ1) is 34.6. The van der Waals surface area contributed by atoms with Gasteiger partial charge in [-0.2, -0.15) is 0 Å². The van der Waals surface area contributed by atoms with Gasteiger partial charge in [0.15, 0.2) is 5.78 Å². The Morgan fingerprint density at radius 3 is 1.94 bits per heavy atom. The zero-order chi connectivity index (χ0) is 53.5. The molecule has 1 aromatic rings. The topological polar surface area (TPSA) is 310 Å². The van der Waals surface area contributed by atoms with Gasteiger partial charge in [-0.05, 0) is 96.5 Å². The molecule has 0 bridgehead atoms. The van der Waals surface area contributed by atoms with Crippen molar-refractivity contribution in [3.05, 3.63) is 42.0 Å². The van der Waals surface area contributed by atoms with Gasteiger partial charge in [0.2, 0.25) is 23.6 Å². The summed E-state index contributed by atoms with van der Waals surface area (Å²) in [5.74, 6) is -6.08. The highest BCUT2D eigenvalue weighted by molar-refractivity contribution is 8.13. The molecule has 72 heavy (non-hydrogen) atoms. The average Bonchev–Trinajstić information content (AvgIpc) is 3.36. The van der Waals surface area contributed by atoms with Crippen molar-refractivity contribution < 1.29 is 67.5 Å². The number of carbonyl (C=O) groups excluding carboxylic acids is 6. The van der Waals surface area contributed by atoms with Gasteiger partial charge in [-0.15, -0.1) is 10.7 Å². The number of hydrogen-bond donors (Lipinski definition) is 10. The first-order valence-corrected chi connectivity index (χ1v) is 26.1. The molecule has 22 nitrogen and oxygen atoms in total. The second-order valence-electron chi connectivity index (χ2n) is 16.6. The molecule has 0 aliphatic carbocycles. The number of carboxylic acid groups (broad SMARTS) is 2. The van der Waals surface area contributed by atoms with Gasteiger partial charge in [0, 0.05) is 74.7 Å². The number of rotatable bonds is 44. The lowest BCUT2D eigenvalue weighted by Gasteiger charge is -2.17. The van der Waals surface area contributed by atoms with Gasteiger partial charge >= 0.3 is 11.9 Å². The van der Waals surface area contributed by atoms with Crippen LogP contribution in [0.1, 0.15) is 95.3 Å². The fourth-order valence-corrected chi connectivity index (χ4v) is 7.91. The highest BCUT2D eigenvalue weighted by Crippen LogP contribution is 2.18. The molecule has 0 radical (unpaired) electrons. The highest BCUT2D eigenvalue weighted by Gasteiger charge is 2.28. The number of benzene rings is 1. The summed E-state index contributed by atoms with van der Waals surface area (Å²) in [4.78, 5) is 98.8. The Hall–Kier alpha value is -5.30. The number of nitrogens with one attached hydrogen (secondary N) is 8. The molecular formula is C49H82N8O14S. The predicted molar refractivity (Wildman–Crippen MR) is 277 cm³/mol. The Bertz CT molecular complexity index is 1850. The number of amides is 5. The molecule has 0 aromatic heterocycles. The zero-order valence-corrected chi connectivity index (χ0v) is 43.7. The van der Waals surface area contributed by atoms with E-state index >= 15 is 0 Å². The third-order valence-corrected chi connectivity index (χ3v) is 12.7. The number of unbranched alkanes of at least 4 members (excludes halogenated alkanes) is 1. The smallest absolute Gasteiger partial charge is 0.326 e. The van der Waals surface area contributed by atoms with Gasteiger partial charge in [-0.25, -0.2) is 4.79 Å². The Morgan fingerprint density at radius 2 is 1.32 bits per heavy atom. The molecule has 408 valence electrons. The monoisotopic (exact) mass is 1040 g/mol. The van der Waals surface area contributed by atoms with E-state index in [0.717, 1.165) is 37.2 Å². The number of hydrogen-bond acceptors (Lipinski definition) is 15. The number of ketones is 1. The summed E-state index contributed by atoms with van der Waals surface area (Å²) in [5, 5.41) is 41.1. The molecule has 1 aromatic carbocycles. The largest absolute Gasteiger partial charge is 0.481 e. The molecular weight excluding hydrogens is 957 g/mol. The quantitative estimate of drug-likeness (QED) is 0.0253. The van der Waals surface area contributed by atoms with Gasteiger partial charge in [-0.3, -0.25) is 38.3 Å². The van der Waals surface area contributed by atoms with Gasteiger partial charge in [0.1, 0.15) is 25.3 Å². The average molecular weight is 1040 g/mol. The number of anilines is 1. The predicted octanol–water partition coefficient (Wildman–Crippen LogP) is 1.76. The van der Waals surface area contributed by atoms with Gasteiger partial charge in [0.25, 0.3) is 5.91 Å². The third-order valence-electron chi connectivity index (χ3n) is 10.9. The molecule has 0 heterocycles. The van der Waals surface area contributed by atoms with Crippen LogP contribution in [0.3, 0.4) is 0 Å². The second-order valence-corrected chi connectivity index (χ2v) is 18.8. The van der Waals surface area contributed by atoms with Crippen LogP contribution in [0.2, 0.25) is 0 Å². The van der Waals surface area contributed by atoms with Crippen molar-refractivity contribution >= 4 is 69.0 Å². The van der Waals surface area contributed by atoms with Crippen LogP contribution in [0, 0.1) is 5.92 Å². The third kappa shape index (κ3) is 30.6. The minimum Gasteiger partial charge on any atom is -0.481 e. The van der Waals surface area contributed by atoms with Crippen LogP contribution < -0.4 is 41.9 Å². The SMILES string of the molecule is C=C(C(=O)COCCOCCNC(C)CCC/S(=C\C)NC)C(CCC(=O)NC(CCC(=O)NCCOCCOCC(=O)NC(CCCCNC(=O)c1ccc(NCCC)cc1)C(=O)NC)C(=O)O)C(=O)O. The van der Waals surface area contributed by atoms with Crippen LogP contribution in [0.4, 0.5) is 5.69 Å². The second kappa shape index (κ2) is 40.2. The number of ether oxygens (including phenoxy) is 4. The van der Waals surface area contributed by atoms with E-state index in [-0.39, 0.29) is 93.5 Å². The lowest BCUT2D eigenvalue weighted by atomic mass is 9.92. The van der Waals surface area contributed by atoms with E-state index in [1.807, 2.05) is 19.2 Å². The van der Waals surface area contributed by atoms with Crippen LogP contribution in [-0.2, 0) is 52.5 Å². The number of carbonyl (C=O) groups is 8. The molecule has 0 fully saturated rings. The van der Waals surface area contributed by atoms with Crippen LogP contribution in [0.5, 0.6) is 0 Å². The molecule has 0 saturated heterocycles. The first-order valence-electron chi connectivity index (χ1n) is 24.6. The van der Waals surface area contributed by atoms with Crippen molar-refractivity contribution in [1.29, 1.82) is 0 Å². The fourth-order valence-electron chi connectivity index (χ4n) is 6.76. The van der Waals surface area contributed by atoms with Crippen LogP contribution in [0.25, 0.3) is 0 Å². The summed E-state index contributed by atoms with van der Waals surface area (Å²) in [6, 6.07) is 5.32. The van der Waals surface area contributed by atoms with E-state index in [9.17, 15) is 48.6 Å². The highest BCUT2D eigenvalue weighted by atomic mass is 32.2. The molecule has 10 N–H and O–H groups in total. The first kappa shape index (κ1) is 64.7. The molecule has 0 spiro atoms. The van der Waals surface area contributed by atoms with Crippen molar-refractivity contribution in [2.45, 2.75) is 103 Å². The summed E-state index contributed by atoms with van der Waals surface area (Å²) in [7, 11) is 3.57. The van der Waals surface area contributed by atoms with Gasteiger partial charge < -0.3 is 66.4 Å². The van der Waals surface area contributed by atoms with E-state index in [4.69, 9.17) is 18.9 Å². The Balaban J connectivity index is 2.26. The number of carboxylic acids is 2. The summed E-state index contributed by atoms with van der Waals surface area (Å²) in [5.41, 5.74) is 1.23. The Labute approximate surface area is 427 Å². The van der Waals surface area contributed by atoms with Crippen molar-refractivity contribution in [2.75, 3.05) is 104 Å². The van der Waals surface area contributed by atoms with E-state index < -0.39 is 66.5 Å². The molecule has 1 rings (SSSR count). The summed E-state index contributed by atoms with van der Waals surface area (Å²) in [6.45, 7) is 12.1. The van der Waals surface area contributed by atoms with Gasteiger partial charge in [0.05, 0.1) is 45.6 Å². The fraction of sp³-hybridized carbons (Fsp3) is 0.653. The van der Waals surface area contributed by atoms with E-state index in [0.29, 0.717) is 50.6 Å². The summed E-state index contributed by atoms with van der Waals surface area (Å²) >= 11 is 0. The summed E-state index contributed by atoms with van der Waals surface area (Å²) < 4.78 is 24.9. The van der Waals surface area contributed by atoms with E-state index in [1.54, 1.807) is 12.1 Å². The molecule has 5 unspecified atom stereocenters. The molecule has 23 heteroatoms. The number of likely N-dealkylation sites (N-methyl/N-ethyl adjacent to an activating group) is 1. The minimum absolute atomic E-state index is 0.0429. The number of Topliss-reactive ketones (excluding diaryl/α,β-unsaturated/α-hetero) is 1. The zero-order valence-electron chi connectivity index (χ0n) is 42.9. The van der Waals surface area contributed by atoms with Crippen molar-refractivity contribution in [2.24, 2.45) is 5.92 Å². The van der Waals surface area contributed by atoms with Crippen molar-refractivity contribution in [3.8, 4) is 0 Å². The maximum atomic E-state index is 12.6. The van der Waals surface area contributed by atoms with Crippen LogP contribution in [-0.4, -0.2) is 180 Å². The molecule has 0 aliphatic rings.